The van der Waals surface area contributed by atoms with Crippen molar-refractivity contribution in [1.82, 2.24) is 14.8 Å². The Hall–Kier alpha value is -2.40. The Kier molecular flexibility index (Phi) is 6.68. The van der Waals surface area contributed by atoms with Crippen molar-refractivity contribution in [3.63, 3.8) is 0 Å². The lowest BCUT2D eigenvalue weighted by Gasteiger charge is -2.31. The van der Waals surface area contributed by atoms with Gasteiger partial charge >= 0.3 is 0 Å². The second-order valence-corrected chi connectivity index (χ2v) is 7.92. The second-order valence-electron chi connectivity index (χ2n) is 7.92. The molecule has 28 heavy (non-hydrogen) atoms. The van der Waals surface area contributed by atoms with E-state index in [9.17, 15) is 4.79 Å². The molecule has 0 N–H and O–H groups in total. The molecule has 2 unspecified atom stereocenters. The van der Waals surface area contributed by atoms with Gasteiger partial charge in [0.25, 0.3) is 0 Å². The van der Waals surface area contributed by atoms with E-state index in [0.717, 1.165) is 31.9 Å². The maximum atomic E-state index is 12.2. The molecule has 0 bridgehead atoms. The average molecular weight is 382 g/mol. The summed E-state index contributed by atoms with van der Waals surface area (Å²) in [5.41, 5.74) is 2.50. The molecule has 150 valence electrons. The van der Waals surface area contributed by atoms with E-state index in [1.165, 1.54) is 11.1 Å². The fourth-order valence-electron chi connectivity index (χ4n) is 4.30. The number of methoxy groups -OCH3 is 1. The number of aromatic nitrogens is 1. The Balaban J connectivity index is 1.85. The number of pyridine rings is 1. The van der Waals surface area contributed by atoms with Crippen LogP contribution >= 0.6 is 0 Å². The molecule has 3 rings (SSSR count). The van der Waals surface area contributed by atoms with Crippen molar-refractivity contribution in [2.24, 2.45) is 5.92 Å². The summed E-state index contributed by atoms with van der Waals surface area (Å²) in [6.07, 6.45) is 3.69. The molecule has 0 saturated carbocycles. The maximum absolute atomic E-state index is 12.2. The molecular weight excluding hydrogens is 350 g/mol. The topological polar surface area (TPSA) is 45.7 Å². The molecule has 0 radical (unpaired) electrons. The first kappa shape index (κ1) is 20.3. The normalized spacial score (nSPS) is 19.8. The number of likely N-dealkylation sites (tertiary alicyclic amines) is 1. The van der Waals surface area contributed by atoms with E-state index < -0.39 is 0 Å². The highest BCUT2D eigenvalue weighted by atomic mass is 16.5. The number of benzene rings is 1. The van der Waals surface area contributed by atoms with Crippen LogP contribution in [0.3, 0.4) is 0 Å². The Labute approximate surface area is 168 Å². The molecule has 1 aliphatic heterocycles. The summed E-state index contributed by atoms with van der Waals surface area (Å²) in [7, 11) is 1.73. The lowest BCUT2D eigenvalue weighted by Crippen LogP contribution is -2.40. The number of carbonyl (C=O) groups excluding carboxylic acids is 1. The quantitative estimate of drug-likeness (QED) is 0.736. The van der Waals surface area contributed by atoms with Gasteiger partial charge in [-0.15, -0.1) is 0 Å². The van der Waals surface area contributed by atoms with Gasteiger partial charge in [0.05, 0.1) is 7.11 Å². The molecule has 1 fully saturated rings. The third-order valence-electron chi connectivity index (χ3n) is 5.67. The monoisotopic (exact) mass is 381 g/mol. The van der Waals surface area contributed by atoms with Gasteiger partial charge in [-0.1, -0.05) is 18.2 Å². The minimum absolute atomic E-state index is 0.140. The van der Waals surface area contributed by atoms with Crippen LogP contribution in [0.1, 0.15) is 37.8 Å². The summed E-state index contributed by atoms with van der Waals surface area (Å²) >= 11 is 0. The van der Waals surface area contributed by atoms with Crippen LogP contribution in [0.2, 0.25) is 0 Å². The lowest BCUT2D eigenvalue weighted by molar-refractivity contribution is -0.131. The number of para-hydroxylation sites is 1. The Bertz CT molecular complexity index is 778. The Morgan fingerprint density at radius 3 is 2.57 bits per heavy atom. The molecule has 1 amide bonds. The minimum atomic E-state index is 0.140. The van der Waals surface area contributed by atoms with E-state index in [1.54, 1.807) is 14.0 Å². The van der Waals surface area contributed by atoms with Crippen molar-refractivity contribution in [2.45, 2.75) is 39.3 Å². The van der Waals surface area contributed by atoms with Gasteiger partial charge in [0.1, 0.15) is 5.75 Å². The smallest absolute Gasteiger partial charge is 0.219 e. The van der Waals surface area contributed by atoms with Gasteiger partial charge in [0.15, 0.2) is 0 Å². The van der Waals surface area contributed by atoms with Gasteiger partial charge in [-0.05, 0) is 49.1 Å². The van der Waals surface area contributed by atoms with Crippen molar-refractivity contribution in [3.8, 4) is 5.75 Å². The first-order valence-corrected chi connectivity index (χ1v) is 10.0. The third-order valence-corrected chi connectivity index (χ3v) is 5.67. The number of hydrogen-bond donors (Lipinski definition) is 0. The molecule has 0 spiro atoms. The maximum Gasteiger partial charge on any atom is 0.219 e. The molecule has 1 saturated heterocycles. The zero-order valence-electron chi connectivity index (χ0n) is 17.3. The first-order chi connectivity index (χ1) is 13.5. The predicted molar refractivity (Wildman–Crippen MR) is 111 cm³/mol. The van der Waals surface area contributed by atoms with Gasteiger partial charge in [-0.25, -0.2) is 0 Å². The molecule has 2 heterocycles. The summed E-state index contributed by atoms with van der Waals surface area (Å²) in [6.45, 7) is 9.42. The number of ether oxygens (including phenoxy) is 1. The van der Waals surface area contributed by atoms with E-state index in [-0.39, 0.29) is 11.9 Å². The van der Waals surface area contributed by atoms with Crippen LogP contribution in [0.15, 0.2) is 48.8 Å². The molecule has 0 aliphatic carbocycles. The summed E-state index contributed by atoms with van der Waals surface area (Å²) in [5, 5.41) is 0. The van der Waals surface area contributed by atoms with Crippen molar-refractivity contribution in [1.29, 1.82) is 0 Å². The number of hydrogen-bond acceptors (Lipinski definition) is 4. The Morgan fingerprint density at radius 2 is 1.93 bits per heavy atom. The third kappa shape index (κ3) is 4.71. The van der Waals surface area contributed by atoms with Crippen LogP contribution in [0.5, 0.6) is 5.75 Å². The lowest BCUT2D eigenvalue weighted by atomic mass is 9.87. The van der Waals surface area contributed by atoms with E-state index in [4.69, 9.17) is 4.74 Å². The minimum Gasteiger partial charge on any atom is -0.496 e. The largest absolute Gasteiger partial charge is 0.496 e. The zero-order chi connectivity index (χ0) is 20.1. The molecule has 2 atom stereocenters. The highest BCUT2D eigenvalue weighted by molar-refractivity contribution is 5.73. The second kappa shape index (κ2) is 9.20. The summed E-state index contributed by atoms with van der Waals surface area (Å²) < 4.78 is 5.65. The van der Waals surface area contributed by atoms with E-state index in [1.807, 2.05) is 29.4 Å². The van der Waals surface area contributed by atoms with Gasteiger partial charge in [0, 0.05) is 57.5 Å². The summed E-state index contributed by atoms with van der Waals surface area (Å²) in [6, 6.07) is 12.6. The van der Waals surface area contributed by atoms with E-state index in [2.05, 4.69) is 48.0 Å². The van der Waals surface area contributed by atoms with E-state index in [0.29, 0.717) is 11.8 Å². The Morgan fingerprint density at radius 1 is 1.21 bits per heavy atom. The number of amides is 1. The SMILES string of the molecule is COc1ccccc1C1CN(Cc2ccncc2)CC1CN(C(C)=O)C(C)C. The molecular formula is C23H31N3O2. The number of nitrogens with zero attached hydrogens (tertiary/aromatic N) is 3. The van der Waals surface area contributed by atoms with Gasteiger partial charge < -0.3 is 9.64 Å². The van der Waals surface area contributed by atoms with E-state index >= 15 is 0 Å². The van der Waals surface area contributed by atoms with Crippen LogP contribution in [0.25, 0.3) is 0 Å². The standard InChI is InChI=1S/C23H31N3O2/c1-17(2)26(18(3)27)15-20-14-25(13-19-9-11-24-12-10-19)16-22(20)21-7-5-6-8-23(21)28-4/h5-12,17,20,22H,13-16H2,1-4H3. The van der Waals surface area contributed by atoms with Crippen LogP contribution < -0.4 is 4.74 Å². The number of rotatable bonds is 7. The molecule has 1 aromatic carbocycles. The van der Waals surface area contributed by atoms with Crippen LogP contribution in [-0.2, 0) is 11.3 Å². The molecule has 5 heteroatoms. The summed E-state index contributed by atoms with van der Waals surface area (Å²) in [5.74, 6) is 1.77. The van der Waals surface area contributed by atoms with Crippen molar-refractivity contribution < 1.29 is 9.53 Å². The zero-order valence-corrected chi connectivity index (χ0v) is 17.3. The van der Waals surface area contributed by atoms with Crippen LogP contribution in [0.4, 0.5) is 0 Å². The van der Waals surface area contributed by atoms with Crippen LogP contribution in [0, 0.1) is 5.92 Å². The van der Waals surface area contributed by atoms with Gasteiger partial charge in [-0.2, -0.15) is 0 Å². The first-order valence-electron chi connectivity index (χ1n) is 10.0. The van der Waals surface area contributed by atoms with Crippen LogP contribution in [-0.4, -0.2) is 53.5 Å². The van der Waals surface area contributed by atoms with Gasteiger partial charge in [0.2, 0.25) is 5.91 Å². The highest BCUT2D eigenvalue weighted by Gasteiger charge is 2.37. The fourth-order valence-corrected chi connectivity index (χ4v) is 4.30. The van der Waals surface area contributed by atoms with Crippen molar-refractivity contribution in [2.75, 3.05) is 26.7 Å². The average Bonchev–Trinajstić information content (AvgIpc) is 3.08. The van der Waals surface area contributed by atoms with Gasteiger partial charge in [-0.3, -0.25) is 14.7 Å². The van der Waals surface area contributed by atoms with Crippen molar-refractivity contribution in [3.05, 3.63) is 59.9 Å². The highest BCUT2D eigenvalue weighted by Crippen LogP contribution is 2.38. The molecule has 5 nitrogen and oxygen atoms in total. The molecule has 2 aromatic rings. The fraction of sp³-hybridized carbons (Fsp3) is 0.478. The number of carbonyl (C=O) groups is 1. The molecule has 1 aromatic heterocycles. The summed E-state index contributed by atoms with van der Waals surface area (Å²) in [4.78, 5) is 20.8. The predicted octanol–water partition coefficient (Wildman–Crippen LogP) is 3.56. The van der Waals surface area contributed by atoms with Crippen molar-refractivity contribution >= 4 is 5.91 Å². The molecule has 1 aliphatic rings.